The molecule has 1 aliphatic carbocycles. The third kappa shape index (κ3) is 3.21. The maximum atomic E-state index is 12.2. The summed E-state index contributed by atoms with van der Waals surface area (Å²) in [6.07, 6.45) is 0.718. The van der Waals surface area contributed by atoms with Crippen LogP contribution >= 0.6 is 0 Å². The number of aliphatic carboxylic acids is 1. The first kappa shape index (κ1) is 15.0. The van der Waals surface area contributed by atoms with E-state index in [0.29, 0.717) is 12.8 Å². The molecule has 1 saturated carbocycles. The van der Waals surface area contributed by atoms with Gasteiger partial charge in [-0.2, -0.15) is 8.78 Å². The lowest BCUT2D eigenvalue weighted by molar-refractivity contribution is -0.140. The van der Waals surface area contributed by atoms with E-state index in [1.54, 1.807) is 0 Å². The molecule has 114 valence electrons. The minimum atomic E-state index is -3.01. The Bertz CT molecular complexity index is 572. The van der Waals surface area contributed by atoms with E-state index in [-0.39, 0.29) is 17.1 Å². The van der Waals surface area contributed by atoms with Crippen LogP contribution in [0.25, 0.3) is 0 Å². The Morgan fingerprint density at radius 1 is 1.33 bits per heavy atom. The first-order chi connectivity index (χ1) is 9.88. The van der Waals surface area contributed by atoms with Crippen LogP contribution in [0, 0.1) is 0 Å². The zero-order valence-electron chi connectivity index (χ0n) is 11.1. The first-order valence-corrected chi connectivity index (χ1v) is 6.07. The smallest absolute Gasteiger partial charge is 0.387 e. The molecule has 0 unspecified atom stereocenters. The Balaban J connectivity index is 2.17. The van der Waals surface area contributed by atoms with E-state index in [1.165, 1.54) is 25.3 Å². The van der Waals surface area contributed by atoms with Crippen LogP contribution in [0.3, 0.4) is 0 Å². The summed E-state index contributed by atoms with van der Waals surface area (Å²) in [5.41, 5.74) is -1.12. The molecule has 1 aromatic rings. The van der Waals surface area contributed by atoms with Crippen molar-refractivity contribution in [1.82, 2.24) is 5.32 Å². The highest BCUT2D eigenvalue weighted by atomic mass is 19.3. The van der Waals surface area contributed by atoms with Gasteiger partial charge in [-0.3, -0.25) is 4.79 Å². The number of hydrogen-bond acceptors (Lipinski definition) is 4. The molecule has 6 nitrogen and oxygen atoms in total. The third-order valence-corrected chi connectivity index (χ3v) is 3.15. The molecule has 1 fully saturated rings. The van der Waals surface area contributed by atoms with Crippen molar-refractivity contribution in [2.75, 3.05) is 7.11 Å². The number of benzene rings is 1. The predicted molar refractivity (Wildman–Crippen MR) is 66.7 cm³/mol. The molecule has 21 heavy (non-hydrogen) atoms. The average Bonchev–Trinajstić information content (AvgIpc) is 3.19. The molecule has 0 bridgehead atoms. The molecule has 2 rings (SSSR count). The summed E-state index contributed by atoms with van der Waals surface area (Å²) in [6.45, 7) is -3.01. The van der Waals surface area contributed by atoms with Crippen molar-refractivity contribution < 1.29 is 33.0 Å². The van der Waals surface area contributed by atoms with Gasteiger partial charge in [-0.15, -0.1) is 0 Å². The molecule has 0 radical (unpaired) electrons. The summed E-state index contributed by atoms with van der Waals surface area (Å²) in [6, 6.07) is 3.64. The van der Waals surface area contributed by atoms with Crippen LogP contribution in [0.5, 0.6) is 11.5 Å². The second kappa shape index (κ2) is 5.55. The van der Waals surface area contributed by atoms with E-state index in [0.717, 1.165) is 0 Å². The number of carboxylic acid groups (broad SMARTS) is 1. The lowest BCUT2D eigenvalue weighted by Gasteiger charge is -2.14. The van der Waals surface area contributed by atoms with Crippen molar-refractivity contribution in [3.8, 4) is 11.5 Å². The monoisotopic (exact) mass is 301 g/mol. The zero-order chi connectivity index (χ0) is 15.6. The second-order valence-electron chi connectivity index (χ2n) is 4.59. The zero-order valence-corrected chi connectivity index (χ0v) is 11.1. The van der Waals surface area contributed by atoms with Crippen molar-refractivity contribution in [2.24, 2.45) is 0 Å². The van der Waals surface area contributed by atoms with Gasteiger partial charge in [0.1, 0.15) is 5.54 Å². The van der Waals surface area contributed by atoms with Gasteiger partial charge in [0.15, 0.2) is 11.5 Å². The number of nitrogens with one attached hydrogen (secondary N) is 1. The number of hydrogen-bond donors (Lipinski definition) is 2. The van der Waals surface area contributed by atoms with E-state index >= 15 is 0 Å². The van der Waals surface area contributed by atoms with Gasteiger partial charge in [-0.1, -0.05) is 0 Å². The highest BCUT2D eigenvalue weighted by molar-refractivity contribution is 5.99. The molecule has 0 aliphatic heterocycles. The fourth-order valence-corrected chi connectivity index (χ4v) is 1.81. The van der Waals surface area contributed by atoms with Crippen molar-refractivity contribution in [1.29, 1.82) is 0 Å². The van der Waals surface area contributed by atoms with Crippen LogP contribution in [0.15, 0.2) is 18.2 Å². The minimum Gasteiger partial charge on any atom is -0.493 e. The number of ether oxygens (including phenoxy) is 2. The van der Waals surface area contributed by atoms with Crippen LogP contribution in [-0.4, -0.2) is 36.2 Å². The quantitative estimate of drug-likeness (QED) is 0.834. The standard InChI is InChI=1S/C13H13F2NO5/c1-20-9-6-7(2-3-8(9)21-12(14)15)10(17)16-13(4-5-13)11(18)19/h2-3,6,12H,4-5H2,1H3,(H,16,17)(H,18,19). The molecule has 0 aromatic heterocycles. The van der Waals surface area contributed by atoms with E-state index in [9.17, 15) is 18.4 Å². The molecular formula is C13H13F2NO5. The van der Waals surface area contributed by atoms with Crippen LogP contribution in [-0.2, 0) is 4.79 Å². The van der Waals surface area contributed by atoms with E-state index in [1.807, 2.05) is 0 Å². The van der Waals surface area contributed by atoms with Crippen LogP contribution < -0.4 is 14.8 Å². The number of methoxy groups -OCH3 is 1. The molecule has 1 aromatic carbocycles. The molecule has 2 N–H and O–H groups in total. The summed E-state index contributed by atoms with van der Waals surface area (Å²) in [4.78, 5) is 23.0. The van der Waals surface area contributed by atoms with Crippen molar-refractivity contribution in [2.45, 2.75) is 25.0 Å². The van der Waals surface area contributed by atoms with Crippen molar-refractivity contribution in [3.05, 3.63) is 23.8 Å². The van der Waals surface area contributed by atoms with Crippen LogP contribution in [0.4, 0.5) is 8.78 Å². The maximum absolute atomic E-state index is 12.2. The molecule has 0 atom stereocenters. The summed E-state index contributed by atoms with van der Waals surface area (Å²) >= 11 is 0. The lowest BCUT2D eigenvalue weighted by atomic mass is 10.1. The highest BCUT2D eigenvalue weighted by Crippen LogP contribution is 2.36. The fourth-order valence-electron chi connectivity index (χ4n) is 1.81. The number of carbonyl (C=O) groups is 2. The molecule has 0 spiro atoms. The number of carbonyl (C=O) groups excluding carboxylic acids is 1. The van der Waals surface area contributed by atoms with Crippen molar-refractivity contribution >= 4 is 11.9 Å². The van der Waals surface area contributed by atoms with Gasteiger partial charge in [-0.05, 0) is 31.0 Å². The average molecular weight is 301 g/mol. The first-order valence-electron chi connectivity index (χ1n) is 6.07. The van der Waals surface area contributed by atoms with Crippen molar-refractivity contribution in [3.63, 3.8) is 0 Å². The number of rotatable bonds is 6. The number of halogens is 2. The molecule has 8 heteroatoms. The molecular weight excluding hydrogens is 288 g/mol. The summed E-state index contributed by atoms with van der Waals surface area (Å²) < 4.78 is 33.5. The third-order valence-electron chi connectivity index (χ3n) is 3.15. The Hall–Kier alpha value is -2.38. The number of amides is 1. The van der Waals surface area contributed by atoms with Gasteiger partial charge < -0.3 is 19.9 Å². The minimum absolute atomic E-state index is 0.0388. The van der Waals surface area contributed by atoms with Gasteiger partial charge in [0.25, 0.3) is 5.91 Å². The van der Waals surface area contributed by atoms with Crippen LogP contribution in [0.2, 0.25) is 0 Å². The summed E-state index contributed by atoms with van der Waals surface area (Å²) in [5, 5.41) is 11.4. The second-order valence-corrected chi connectivity index (χ2v) is 4.59. The normalized spacial score (nSPS) is 15.4. The molecule has 1 aliphatic rings. The SMILES string of the molecule is COc1cc(C(=O)NC2(C(=O)O)CC2)ccc1OC(F)F. The highest BCUT2D eigenvalue weighted by Gasteiger charge is 2.51. The van der Waals surface area contributed by atoms with Gasteiger partial charge in [0.05, 0.1) is 7.11 Å². The van der Waals surface area contributed by atoms with Gasteiger partial charge in [0.2, 0.25) is 0 Å². The fraction of sp³-hybridized carbons (Fsp3) is 0.385. The summed E-state index contributed by atoms with van der Waals surface area (Å²) in [5.74, 6) is -1.95. The maximum Gasteiger partial charge on any atom is 0.387 e. The van der Waals surface area contributed by atoms with Gasteiger partial charge in [-0.25, -0.2) is 4.79 Å². The Labute approximate surface area is 118 Å². The number of alkyl halides is 2. The van der Waals surface area contributed by atoms with Gasteiger partial charge in [0, 0.05) is 5.56 Å². The Morgan fingerprint density at radius 3 is 2.48 bits per heavy atom. The molecule has 0 heterocycles. The molecule has 0 saturated heterocycles. The summed E-state index contributed by atoms with van der Waals surface area (Å²) in [7, 11) is 1.25. The molecule has 1 amide bonds. The Morgan fingerprint density at radius 2 is 2.00 bits per heavy atom. The lowest BCUT2D eigenvalue weighted by Crippen LogP contribution is -2.43. The van der Waals surface area contributed by atoms with E-state index in [4.69, 9.17) is 9.84 Å². The topological polar surface area (TPSA) is 84.9 Å². The number of carboxylic acids is 1. The largest absolute Gasteiger partial charge is 0.493 e. The van der Waals surface area contributed by atoms with E-state index in [2.05, 4.69) is 10.1 Å². The van der Waals surface area contributed by atoms with Gasteiger partial charge >= 0.3 is 12.6 Å². The Kier molecular flexibility index (Phi) is 3.97. The van der Waals surface area contributed by atoms with E-state index < -0.39 is 24.0 Å². The predicted octanol–water partition coefficient (Wildman–Crippen LogP) is 1.64. The van der Waals surface area contributed by atoms with Crippen LogP contribution in [0.1, 0.15) is 23.2 Å².